The van der Waals surface area contributed by atoms with E-state index < -0.39 is 32.8 Å². The van der Waals surface area contributed by atoms with Gasteiger partial charge in [-0.3, -0.25) is 20.2 Å². The fourth-order valence-corrected chi connectivity index (χ4v) is 2.24. The molecule has 2 aromatic rings. The average Bonchev–Trinajstić information content (AvgIpc) is 2.49. The number of carboxylic acids is 1. The van der Waals surface area contributed by atoms with E-state index in [2.05, 4.69) is 5.32 Å². The first kappa shape index (κ1) is 16.9. The Morgan fingerprint density at radius 3 is 2.00 bits per heavy atom. The average molecular weight is 331 g/mol. The monoisotopic (exact) mass is 331 g/mol. The molecule has 0 amide bonds. The Labute approximate surface area is 135 Å². The van der Waals surface area contributed by atoms with Crippen LogP contribution in [0.2, 0.25) is 0 Å². The third-order valence-electron chi connectivity index (χ3n) is 3.38. The molecule has 0 atom stereocenters. The van der Waals surface area contributed by atoms with Gasteiger partial charge in [-0.1, -0.05) is 17.7 Å². The predicted octanol–water partition coefficient (Wildman–Crippen LogP) is 3.56. The largest absolute Gasteiger partial charge is 0.478 e. The molecule has 0 aromatic heterocycles. The Morgan fingerprint density at radius 1 is 1.04 bits per heavy atom. The van der Waals surface area contributed by atoms with Crippen molar-refractivity contribution in [2.75, 3.05) is 5.32 Å². The third kappa shape index (κ3) is 3.29. The molecule has 124 valence electrons. The maximum atomic E-state index is 11.3. The van der Waals surface area contributed by atoms with Gasteiger partial charge in [0.15, 0.2) is 5.69 Å². The van der Waals surface area contributed by atoms with Crippen LogP contribution in [-0.2, 0) is 0 Å². The lowest BCUT2D eigenvalue weighted by Gasteiger charge is -2.11. The number of carboxylic acid groups (broad SMARTS) is 1. The van der Waals surface area contributed by atoms with E-state index in [4.69, 9.17) is 5.11 Å². The van der Waals surface area contributed by atoms with E-state index in [1.54, 1.807) is 19.1 Å². The Hall–Kier alpha value is -3.49. The molecule has 0 aliphatic heterocycles. The number of hydrogen-bond donors (Lipinski definition) is 2. The molecule has 2 rings (SSSR count). The molecule has 2 N–H and O–H groups in total. The number of nitro groups is 2. The predicted molar refractivity (Wildman–Crippen MR) is 85.9 cm³/mol. The second-order valence-electron chi connectivity index (χ2n) is 5.15. The van der Waals surface area contributed by atoms with Crippen molar-refractivity contribution >= 4 is 28.7 Å². The molecule has 2 aromatic carbocycles. The fourth-order valence-electron chi connectivity index (χ4n) is 2.24. The molecular formula is C15H13N3O6. The minimum absolute atomic E-state index is 0.359. The number of nitrogens with zero attached hydrogens (tertiary/aromatic N) is 2. The van der Waals surface area contributed by atoms with E-state index in [1.165, 1.54) is 0 Å². The van der Waals surface area contributed by atoms with E-state index in [0.717, 1.165) is 23.3 Å². The van der Waals surface area contributed by atoms with Crippen molar-refractivity contribution in [1.29, 1.82) is 0 Å². The van der Waals surface area contributed by atoms with E-state index >= 15 is 0 Å². The Bertz CT molecular complexity index is 827. The van der Waals surface area contributed by atoms with Crippen molar-refractivity contribution < 1.29 is 19.7 Å². The van der Waals surface area contributed by atoms with Gasteiger partial charge in [-0.2, -0.15) is 0 Å². The number of benzene rings is 2. The highest BCUT2D eigenvalue weighted by molar-refractivity contribution is 5.93. The maximum Gasteiger partial charge on any atom is 0.336 e. The van der Waals surface area contributed by atoms with Crippen molar-refractivity contribution in [1.82, 2.24) is 0 Å². The van der Waals surface area contributed by atoms with Gasteiger partial charge >= 0.3 is 17.3 Å². The number of hydrogen-bond acceptors (Lipinski definition) is 6. The van der Waals surface area contributed by atoms with Crippen molar-refractivity contribution in [3.63, 3.8) is 0 Å². The van der Waals surface area contributed by atoms with Gasteiger partial charge in [-0.25, -0.2) is 4.79 Å². The summed E-state index contributed by atoms with van der Waals surface area (Å²) in [5.74, 6) is -1.49. The van der Waals surface area contributed by atoms with Crippen LogP contribution in [0.25, 0.3) is 0 Å². The number of nitro benzene ring substituents is 2. The summed E-state index contributed by atoms with van der Waals surface area (Å²) in [6.07, 6.45) is 0. The zero-order chi connectivity index (χ0) is 18.0. The number of rotatable bonds is 5. The molecular weight excluding hydrogens is 318 g/mol. The molecule has 0 unspecified atom stereocenters. The van der Waals surface area contributed by atoms with Crippen LogP contribution in [0.3, 0.4) is 0 Å². The molecule has 0 saturated heterocycles. The summed E-state index contributed by atoms with van der Waals surface area (Å²) >= 11 is 0. The minimum Gasteiger partial charge on any atom is -0.478 e. The van der Waals surface area contributed by atoms with Gasteiger partial charge in [0, 0.05) is 17.8 Å². The molecule has 0 aliphatic rings. The summed E-state index contributed by atoms with van der Waals surface area (Å²) in [6.45, 7) is 3.61. The zero-order valence-electron chi connectivity index (χ0n) is 12.8. The fraction of sp³-hybridized carbons (Fsp3) is 0.133. The van der Waals surface area contributed by atoms with Crippen molar-refractivity contribution in [3.8, 4) is 0 Å². The molecule has 0 spiro atoms. The molecule has 0 bridgehead atoms. The Balaban J connectivity index is 2.68. The highest BCUT2D eigenvalue weighted by Crippen LogP contribution is 2.38. The summed E-state index contributed by atoms with van der Waals surface area (Å²) in [5, 5.41) is 34.2. The van der Waals surface area contributed by atoms with Crippen LogP contribution in [-0.4, -0.2) is 20.9 Å². The standard InChI is InChI=1S/C15H13N3O6/c1-8-3-4-11(9(2)5-8)16-14-12(17(21)22)6-10(15(19)20)7-13(14)18(23)24/h3-7,16H,1-2H3,(H,19,20). The van der Waals surface area contributed by atoms with Crippen molar-refractivity contribution in [3.05, 3.63) is 67.3 Å². The van der Waals surface area contributed by atoms with Gasteiger partial charge in [0.1, 0.15) is 0 Å². The first-order chi connectivity index (χ1) is 11.2. The topological polar surface area (TPSA) is 136 Å². The van der Waals surface area contributed by atoms with Crippen LogP contribution in [0, 0.1) is 34.1 Å². The lowest BCUT2D eigenvalue weighted by atomic mass is 10.1. The molecule has 24 heavy (non-hydrogen) atoms. The molecule has 0 radical (unpaired) electrons. The number of nitrogens with one attached hydrogen (secondary N) is 1. The Kier molecular flexibility index (Phi) is 4.45. The smallest absolute Gasteiger partial charge is 0.336 e. The SMILES string of the molecule is Cc1ccc(Nc2c([N+](=O)[O-])cc(C(=O)O)cc2[N+](=O)[O-])c(C)c1. The van der Waals surface area contributed by atoms with E-state index in [9.17, 15) is 25.0 Å². The molecule has 0 saturated carbocycles. The van der Waals surface area contributed by atoms with Crippen LogP contribution < -0.4 is 5.32 Å². The number of aromatic carboxylic acids is 1. The lowest BCUT2D eigenvalue weighted by molar-refractivity contribution is -0.392. The van der Waals surface area contributed by atoms with E-state index in [-0.39, 0.29) is 5.69 Å². The first-order valence-corrected chi connectivity index (χ1v) is 6.75. The number of aryl methyl sites for hydroxylation is 2. The first-order valence-electron chi connectivity index (χ1n) is 6.75. The third-order valence-corrected chi connectivity index (χ3v) is 3.38. The summed E-state index contributed by atoms with van der Waals surface area (Å²) in [5.41, 5.74) is -0.0938. The molecule has 0 fully saturated rings. The quantitative estimate of drug-likeness (QED) is 0.631. The molecule has 0 aliphatic carbocycles. The van der Waals surface area contributed by atoms with E-state index in [1.807, 2.05) is 13.0 Å². The van der Waals surface area contributed by atoms with Crippen LogP contribution in [0.4, 0.5) is 22.7 Å². The van der Waals surface area contributed by atoms with E-state index in [0.29, 0.717) is 5.69 Å². The number of anilines is 2. The van der Waals surface area contributed by atoms with Crippen LogP contribution in [0.1, 0.15) is 21.5 Å². The molecule has 9 heteroatoms. The van der Waals surface area contributed by atoms with Crippen LogP contribution in [0.15, 0.2) is 30.3 Å². The summed E-state index contributed by atoms with van der Waals surface area (Å²) in [4.78, 5) is 31.8. The van der Waals surface area contributed by atoms with Crippen molar-refractivity contribution in [2.24, 2.45) is 0 Å². The summed E-state index contributed by atoms with van der Waals surface area (Å²) in [7, 11) is 0. The summed E-state index contributed by atoms with van der Waals surface area (Å²) < 4.78 is 0. The van der Waals surface area contributed by atoms with Crippen molar-refractivity contribution in [2.45, 2.75) is 13.8 Å². The van der Waals surface area contributed by atoms with Gasteiger partial charge in [-0.05, 0) is 25.5 Å². The second kappa shape index (κ2) is 6.32. The van der Waals surface area contributed by atoms with Gasteiger partial charge in [0.05, 0.1) is 15.4 Å². The van der Waals surface area contributed by atoms with Crippen LogP contribution >= 0.6 is 0 Å². The molecule has 9 nitrogen and oxygen atoms in total. The number of carbonyl (C=O) groups is 1. The minimum atomic E-state index is -1.49. The van der Waals surface area contributed by atoms with Gasteiger partial charge in [-0.15, -0.1) is 0 Å². The normalized spacial score (nSPS) is 10.2. The zero-order valence-corrected chi connectivity index (χ0v) is 12.8. The maximum absolute atomic E-state index is 11.3. The van der Waals surface area contributed by atoms with Gasteiger partial charge in [0.2, 0.25) is 0 Å². The highest BCUT2D eigenvalue weighted by atomic mass is 16.6. The lowest BCUT2D eigenvalue weighted by Crippen LogP contribution is -2.06. The van der Waals surface area contributed by atoms with Gasteiger partial charge in [0.25, 0.3) is 0 Å². The van der Waals surface area contributed by atoms with Gasteiger partial charge < -0.3 is 10.4 Å². The highest BCUT2D eigenvalue weighted by Gasteiger charge is 2.29. The van der Waals surface area contributed by atoms with Crippen LogP contribution in [0.5, 0.6) is 0 Å². The summed E-state index contributed by atoms with van der Waals surface area (Å²) in [6, 6.07) is 6.79. The second-order valence-corrected chi connectivity index (χ2v) is 5.15. The Morgan fingerprint density at radius 2 is 1.58 bits per heavy atom. The molecule has 0 heterocycles.